The largest absolute Gasteiger partial charge is 0.448 e. The van der Waals surface area contributed by atoms with Crippen molar-refractivity contribution >= 4 is 34.6 Å². The second-order valence-electron chi connectivity index (χ2n) is 6.80. The van der Waals surface area contributed by atoms with Gasteiger partial charge in [0.25, 0.3) is 5.91 Å². The minimum atomic E-state index is -4.56. The summed E-state index contributed by atoms with van der Waals surface area (Å²) in [5, 5.41) is 4.22. The van der Waals surface area contributed by atoms with Crippen LogP contribution in [0.4, 0.5) is 24.5 Å². The molecule has 1 aliphatic heterocycles. The van der Waals surface area contributed by atoms with Gasteiger partial charge in [-0.3, -0.25) is 4.79 Å². The van der Waals surface area contributed by atoms with E-state index in [4.69, 9.17) is 9.47 Å². The van der Waals surface area contributed by atoms with Gasteiger partial charge in [-0.15, -0.1) is 11.3 Å². The Morgan fingerprint density at radius 1 is 1.23 bits per heavy atom. The van der Waals surface area contributed by atoms with Gasteiger partial charge in [0.1, 0.15) is 4.88 Å². The number of hydrogen-bond acceptors (Lipinski definition) is 6. The van der Waals surface area contributed by atoms with Gasteiger partial charge in [-0.2, -0.15) is 13.2 Å². The van der Waals surface area contributed by atoms with Crippen molar-refractivity contribution in [2.24, 2.45) is 0 Å². The van der Waals surface area contributed by atoms with Gasteiger partial charge in [-0.1, -0.05) is 0 Å². The fourth-order valence-corrected chi connectivity index (χ4v) is 3.78. The van der Waals surface area contributed by atoms with Gasteiger partial charge in [0.05, 0.1) is 30.2 Å². The summed E-state index contributed by atoms with van der Waals surface area (Å²) in [6.07, 6.45) is -5.75. The van der Waals surface area contributed by atoms with Crippen molar-refractivity contribution in [2.75, 3.05) is 36.5 Å². The van der Waals surface area contributed by atoms with Crippen LogP contribution < -0.4 is 10.2 Å². The molecule has 0 aliphatic carbocycles. The lowest BCUT2D eigenvalue weighted by Gasteiger charge is -2.31. The van der Waals surface area contributed by atoms with Crippen LogP contribution >= 0.6 is 11.3 Å². The third-order valence-corrected chi connectivity index (χ3v) is 5.63. The third kappa shape index (κ3) is 5.11. The van der Waals surface area contributed by atoms with Crippen LogP contribution in [-0.4, -0.2) is 44.3 Å². The number of nitrogens with one attached hydrogen (secondary N) is 1. The predicted octanol–water partition coefficient (Wildman–Crippen LogP) is 4.10. The highest BCUT2D eigenvalue weighted by Gasteiger charge is 2.32. The molecule has 1 atom stereocenters. The minimum absolute atomic E-state index is 0.00641. The van der Waals surface area contributed by atoms with E-state index in [1.54, 1.807) is 18.4 Å². The quantitative estimate of drug-likeness (QED) is 0.707. The second-order valence-corrected chi connectivity index (χ2v) is 7.71. The van der Waals surface area contributed by atoms with E-state index in [1.165, 1.54) is 24.3 Å². The SMILES string of the molecule is Cc1ccsc1C(=O)OC(C)C(=O)Nc1cc(C(F)(F)F)ccc1N1CCOCC1. The van der Waals surface area contributed by atoms with E-state index in [1.807, 2.05) is 4.90 Å². The maximum Gasteiger partial charge on any atom is 0.416 e. The van der Waals surface area contributed by atoms with E-state index < -0.39 is 29.7 Å². The number of halogens is 3. The number of amides is 1. The molecule has 162 valence electrons. The molecule has 1 aromatic carbocycles. The van der Waals surface area contributed by atoms with Crippen LogP contribution in [0.25, 0.3) is 0 Å². The van der Waals surface area contributed by atoms with Gasteiger partial charge in [0.2, 0.25) is 0 Å². The Labute approximate surface area is 175 Å². The molecule has 0 spiro atoms. The smallest absolute Gasteiger partial charge is 0.416 e. The summed E-state index contributed by atoms with van der Waals surface area (Å²) < 4.78 is 50.0. The number of hydrogen-bond donors (Lipinski definition) is 1. The summed E-state index contributed by atoms with van der Waals surface area (Å²) in [7, 11) is 0. The first-order valence-electron chi connectivity index (χ1n) is 9.26. The summed E-state index contributed by atoms with van der Waals surface area (Å²) in [5.41, 5.74) is 0.304. The Hall–Kier alpha value is -2.59. The molecule has 3 rings (SSSR count). The number of rotatable bonds is 5. The second kappa shape index (κ2) is 9.05. The lowest BCUT2D eigenvalue weighted by molar-refractivity contribution is -0.137. The highest BCUT2D eigenvalue weighted by molar-refractivity contribution is 7.12. The standard InChI is InChI=1S/C20H21F3N2O4S/c1-12-5-10-30-17(12)19(27)29-13(2)18(26)24-15-11-14(20(21,22)23)3-4-16(15)25-6-8-28-9-7-25/h3-5,10-11,13H,6-9H2,1-2H3,(H,24,26). The lowest BCUT2D eigenvalue weighted by atomic mass is 10.1. The fourth-order valence-electron chi connectivity index (χ4n) is 2.98. The van der Waals surface area contributed by atoms with Crippen LogP contribution in [0, 0.1) is 6.92 Å². The Morgan fingerprint density at radius 3 is 2.53 bits per heavy atom. The number of thiophene rings is 1. The molecule has 6 nitrogen and oxygen atoms in total. The van der Waals surface area contributed by atoms with Crippen molar-refractivity contribution in [1.82, 2.24) is 0 Å². The predicted molar refractivity (Wildman–Crippen MR) is 107 cm³/mol. The molecule has 2 aromatic rings. The van der Waals surface area contributed by atoms with Crippen molar-refractivity contribution in [3.63, 3.8) is 0 Å². The lowest BCUT2D eigenvalue weighted by Crippen LogP contribution is -2.37. The monoisotopic (exact) mass is 442 g/mol. The maximum absolute atomic E-state index is 13.2. The van der Waals surface area contributed by atoms with Crippen molar-refractivity contribution in [3.8, 4) is 0 Å². The number of morpholine rings is 1. The maximum atomic E-state index is 13.2. The number of carbonyl (C=O) groups excluding carboxylic acids is 2. The van der Waals surface area contributed by atoms with Gasteiger partial charge < -0.3 is 19.7 Å². The normalized spacial score (nSPS) is 15.6. The summed E-state index contributed by atoms with van der Waals surface area (Å²) in [5.74, 6) is -1.37. The molecule has 1 amide bonds. The first kappa shape index (κ1) is 22.1. The van der Waals surface area contributed by atoms with Crippen molar-refractivity contribution in [1.29, 1.82) is 0 Å². The molecule has 0 saturated carbocycles. The first-order chi connectivity index (χ1) is 14.2. The minimum Gasteiger partial charge on any atom is -0.448 e. The Morgan fingerprint density at radius 2 is 1.93 bits per heavy atom. The molecule has 1 saturated heterocycles. The van der Waals surface area contributed by atoms with Crippen LogP contribution in [0.3, 0.4) is 0 Å². The van der Waals surface area contributed by atoms with Gasteiger partial charge in [0.15, 0.2) is 6.10 Å². The molecule has 0 bridgehead atoms. The topological polar surface area (TPSA) is 67.9 Å². The van der Waals surface area contributed by atoms with Gasteiger partial charge in [-0.05, 0) is 49.1 Å². The van der Waals surface area contributed by atoms with Gasteiger partial charge >= 0.3 is 12.1 Å². The molecule has 0 radical (unpaired) electrons. The van der Waals surface area contributed by atoms with E-state index >= 15 is 0 Å². The summed E-state index contributed by atoms with van der Waals surface area (Å²) in [4.78, 5) is 27.0. The number of benzene rings is 1. The zero-order valence-electron chi connectivity index (χ0n) is 16.4. The van der Waals surface area contributed by atoms with Crippen LogP contribution in [0.2, 0.25) is 0 Å². The molecule has 10 heteroatoms. The molecule has 1 fully saturated rings. The molecule has 1 aliphatic rings. The number of anilines is 2. The number of aryl methyl sites for hydroxylation is 1. The van der Waals surface area contributed by atoms with Crippen LogP contribution in [0.15, 0.2) is 29.6 Å². The summed E-state index contributed by atoms with van der Waals surface area (Å²) in [6, 6.07) is 4.95. The number of carbonyl (C=O) groups is 2. The van der Waals surface area contributed by atoms with E-state index in [2.05, 4.69) is 5.32 Å². The number of ether oxygens (including phenoxy) is 2. The van der Waals surface area contributed by atoms with Gasteiger partial charge in [-0.25, -0.2) is 4.79 Å². The van der Waals surface area contributed by atoms with E-state index in [-0.39, 0.29) is 5.69 Å². The van der Waals surface area contributed by atoms with Crippen LogP contribution in [0.5, 0.6) is 0 Å². The molecule has 1 unspecified atom stereocenters. The zero-order valence-corrected chi connectivity index (χ0v) is 17.2. The zero-order chi connectivity index (χ0) is 21.9. The third-order valence-electron chi connectivity index (χ3n) is 4.63. The molecule has 2 heterocycles. The fraction of sp³-hybridized carbons (Fsp3) is 0.400. The van der Waals surface area contributed by atoms with Crippen molar-refractivity contribution in [3.05, 3.63) is 45.6 Å². The van der Waals surface area contributed by atoms with Crippen molar-refractivity contribution in [2.45, 2.75) is 26.1 Å². The summed E-state index contributed by atoms with van der Waals surface area (Å²) >= 11 is 1.19. The number of esters is 1. The average molecular weight is 442 g/mol. The van der Waals surface area contributed by atoms with E-state index in [9.17, 15) is 22.8 Å². The summed E-state index contributed by atoms with van der Waals surface area (Å²) in [6.45, 7) is 4.95. The number of alkyl halides is 3. The average Bonchev–Trinajstić information content (AvgIpc) is 3.14. The Bertz CT molecular complexity index is 923. The molecular weight excluding hydrogens is 421 g/mol. The molecule has 1 aromatic heterocycles. The van der Waals surface area contributed by atoms with Crippen LogP contribution in [0.1, 0.15) is 27.7 Å². The Kier molecular flexibility index (Phi) is 6.67. The number of nitrogens with zero attached hydrogens (tertiary/aromatic N) is 1. The van der Waals surface area contributed by atoms with Crippen molar-refractivity contribution < 1.29 is 32.2 Å². The highest BCUT2D eigenvalue weighted by Crippen LogP contribution is 2.36. The van der Waals surface area contributed by atoms with Crippen LogP contribution in [-0.2, 0) is 20.4 Å². The first-order valence-corrected chi connectivity index (χ1v) is 10.1. The molecule has 30 heavy (non-hydrogen) atoms. The van der Waals surface area contributed by atoms with Gasteiger partial charge in [0, 0.05) is 13.1 Å². The highest BCUT2D eigenvalue weighted by atomic mass is 32.1. The molecular formula is C20H21F3N2O4S. The Balaban J connectivity index is 1.79. The van der Waals surface area contributed by atoms with E-state index in [0.29, 0.717) is 36.9 Å². The molecule has 1 N–H and O–H groups in total. The van der Waals surface area contributed by atoms with E-state index in [0.717, 1.165) is 17.7 Å².